The number of thioether (sulfide) groups is 1. The van der Waals surface area contributed by atoms with Crippen molar-refractivity contribution in [1.29, 1.82) is 0 Å². The second-order valence-corrected chi connectivity index (χ2v) is 7.07. The van der Waals surface area contributed by atoms with E-state index in [1.165, 1.54) is 24.6 Å². The Morgan fingerprint density at radius 1 is 1.17 bits per heavy atom. The minimum atomic E-state index is -0.289. The van der Waals surface area contributed by atoms with Gasteiger partial charge in [0.1, 0.15) is 11.1 Å². The Bertz CT molecular complexity index is 668. The molecule has 23 heavy (non-hydrogen) atoms. The molecule has 0 aliphatic carbocycles. The molecule has 2 heterocycles. The SMILES string of the molecule is CN(C)C(=O)[C@H](Sc1nnc2n1CCCCC2)c1ccccc1. The van der Waals surface area contributed by atoms with Crippen LogP contribution in [0.15, 0.2) is 35.5 Å². The lowest BCUT2D eigenvalue weighted by Gasteiger charge is -2.20. The average Bonchev–Trinajstić information content (AvgIpc) is 2.79. The second kappa shape index (κ2) is 7.17. The van der Waals surface area contributed by atoms with Crippen molar-refractivity contribution in [2.75, 3.05) is 14.1 Å². The van der Waals surface area contributed by atoms with Gasteiger partial charge in [0, 0.05) is 27.1 Å². The third-order valence-electron chi connectivity index (χ3n) is 4.07. The quantitative estimate of drug-likeness (QED) is 0.809. The first-order chi connectivity index (χ1) is 11.2. The van der Waals surface area contributed by atoms with Gasteiger partial charge in [0.05, 0.1) is 0 Å². The van der Waals surface area contributed by atoms with E-state index in [4.69, 9.17) is 0 Å². The van der Waals surface area contributed by atoms with E-state index in [9.17, 15) is 4.79 Å². The number of benzene rings is 1. The Morgan fingerprint density at radius 2 is 1.96 bits per heavy atom. The molecule has 0 bridgehead atoms. The van der Waals surface area contributed by atoms with Crippen molar-refractivity contribution in [2.45, 2.75) is 42.6 Å². The molecule has 0 fully saturated rings. The van der Waals surface area contributed by atoms with Gasteiger partial charge in [0.15, 0.2) is 5.16 Å². The maximum absolute atomic E-state index is 12.7. The van der Waals surface area contributed by atoms with Crippen LogP contribution in [0.1, 0.15) is 35.9 Å². The van der Waals surface area contributed by atoms with Crippen LogP contribution in [0.25, 0.3) is 0 Å². The molecule has 0 unspecified atom stereocenters. The molecule has 6 heteroatoms. The number of carbonyl (C=O) groups is 1. The standard InChI is InChI=1S/C17H22N4OS/c1-20(2)16(22)15(13-9-5-3-6-10-13)23-17-19-18-14-11-7-4-8-12-21(14)17/h3,5-6,9-10,15H,4,7-8,11-12H2,1-2H3/t15-/m1/s1. The molecular weight excluding hydrogens is 308 g/mol. The number of hydrogen-bond donors (Lipinski definition) is 0. The van der Waals surface area contributed by atoms with Crippen LogP contribution in [-0.2, 0) is 17.8 Å². The van der Waals surface area contributed by atoms with Crippen molar-refractivity contribution in [3.8, 4) is 0 Å². The largest absolute Gasteiger partial charge is 0.348 e. The number of fused-ring (bicyclic) bond motifs is 1. The second-order valence-electron chi connectivity index (χ2n) is 6.00. The lowest BCUT2D eigenvalue weighted by atomic mass is 10.1. The van der Waals surface area contributed by atoms with Crippen molar-refractivity contribution in [1.82, 2.24) is 19.7 Å². The van der Waals surface area contributed by atoms with E-state index in [-0.39, 0.29) is 11.2 Å². The van der Waals surface area contributed by atoms with E-state index >= 15 is 0 Å². The molecule has 3 rings (SSSR count). The molecule has 1 aliphatic rings. The molecule has 122 valence electrons. The minimum absolute atomic E-state index is 0.0761. The van der Waals surface area contributed by atoms with E-state index in [1.54, 1.807) is 19.0 Å². The van der Waals surface area contributed by atoms with Crippen molar-refractivity contribution >= 4 is 17.7 Å². The predicted molar refractivity (Wildman–Crippen MR) is 91.3 cm³/mol. The fourth-order valence-electron chi connectivity index (χ4n) is 2.77. The Kier molecular flexibility index (Phi) is 5.00. The summed E-state index contributed by atoms with van der Waals surface area (Å²) in [5.41, 5.74) is 1.00. The topological polar surface area (TPSA) is 51.0 Å². The molecular formula is C17H22N4OS. The smallest absolute Gasteiger partial charge is 0.240 e. The van der Waals surface area contributed by atoms with Gasteiger partial charge in [0.25, 0.3) is 0 Å². The maximum atomic E-state index is 12.7. The first-order valence-corrected chi connectivity index (χ1v) is 8.89. The highest BCUT2D eigenvalue weighted by atomic mass is 32.2. The number of carbonyl (C=O) groups excluding carboxylic acids is 1. The van der Waals surface area contributed by atoms with Crippen LogP contribution in [0.2, 0.25) is 0 Å². The van der Waals surface area contributed by atoms with Gasteiger partial charge < -0.3 is 9.47 Å². The Morgan fingerprint density at radius 3 is 2.70 bits per heavy atom. The summed E-state index contributed by atoms with van der Waals surface area (Å²) < 4.78 is 2.19. The van der Waals surface area contributed by atoms with Gasteiger partial charge in [-0.2, -0.15) is 0 Å². The van der Waals surface area contributed by atoms with E-state index in [1.807, 2.05) is 30.3 Å². The van der Waals surface area contributed by atoms with Gasteiger partial charge in [-0.1, -0.05) is 48.5 Å². The molecule has 1 amide bonds. The highest BCUT2D eigenvalue weighted by molar-refractivity contribution is 8.00. The van der Waals surface area contributed by atoms with Crippen LogP contribution in [0, 0.1) is 0 Å². The lowest BCUT2D eigenvalue weighted by molar-refractivity contribution is -0.128. The van der Waals surface area contributed by atoms with Crippen LogP contribution >= 0.6 is 11.8 Å². The van der Waals surface area contributed by atoms with Crippen LogP contribution in [0.5, 0.6) is 0 Å². The molecule has 0 N–H and O–H groups in total. The van der Waals surface area contributed by atoms with Gasteiger partial charge in [-0.3, -0.25) is 4.79 Å². The Hall–Kier alpha value is -1.82. The van der Waals surface area contributed by atoms with Crippen molar-refractivity contribution in [3.05, 3.63) is 41.7 Å². The average molecular weight is 330 g/mol. The molecule has 2 aromatic rings. The fraction of sp³-hybridized carbons (Fsp3) is 0.471. The summed E-state index contributed by atoms with van der Waals surface area (Å²) in [6, 6.07) is 9.90. The van der Waals surface area contributed by atoms with E-state index in [0.717, 1.165) is 35.9 Å². The summed E-state index contributed by atoms with van der Waals surface area (Å²) in [4.78, 5) is 14.3. The Labute approximate surface area is 141 Å². The van der Waals surface area contributed by atoms with Gasteiger partial charge in [-0.05, 0) is 18.4 Å². The van der Waals surface area contributed by atoms with Gasteiger partial charge >= 0.3 is 0 Å². The molecule has 5 nitrogen and oxygen atoms in total. The van der Waals surface area contributed by atoms with Crippen molar-refractivity contribution in [3.63, 3.8) is 0 Å². The number of likely N-dealkylation sites (N-methyl/N-ethyl adjacent to an activating group) is 1. The summed E-state index contributed by atoms with van der Waals surface area (Å²) in [5, 5.41) is 9.25. The highest BCUT2D eigenvalue weighted by Crippen LogP contribution is 2.36. The fourth-order valence-corrected chi connectivity index (χ4v) is 4.00. The molecule has 1 aromatic heterocycles. The number of rotatable bonds is 4. The van der Waals surface area contributed by atoms with Crippen LogP contribution < -0.4 is 0 Å². The Balaban J connectivity index is 1.90. The summed E-state index contributed by atoms with van der Waals surface area (Å²) in [6.45, 7) is 0.947. The normalized spacial score (nSPS) is 15.6. The predicted octanol–water partition coefficient (Wildman–Crippen LogP) is 2.93. The van der Waals surface area contributed by atoms with Crippen LogP contribution in [-0.4, -0.2) is 39.7 Å². The first kappa shape index (κ1) is 16.1. The van der Waals surface area contributed by atoms with E-state index in [0.29, 0.717) is 0 Å². The molecule has 0 saturated carbocycles. The van der Waals surface area contributed by atoms with Gasteiger partial charge in [0.2, 0.25) is 5.91 Å². The highest BCUT2D eigenvalue weighted by Gasteiger charge is 2.27. The van der Waals surface area contributed by atoms with E-state index in [2.05, 4.69) is 14.8 Å². The third kappa shape index (κ3) is 3.58. The first-order valence-electron chi connectivity index (χ1n) is 8.01. The molecule has 0 saturated heterocycles. The zero-order valence-electron chi connectivity index (χ0n) is 13.6. The molecule has 1 atom stereocenters. The van der Waals surface area contributed by atoms with Crippen molar-refractivity contribution < 1.29 is 4.79 Å². The maximum Gasteiger partial charge on any atom is 0.240 e. The number of aryl methyl sites for hydroxylation is 1. The summed E-state index contributed by atoms with van der Waals surface area (Å²) in [6.07, 6.45) is 4.52. The minimum Gasteiger partial charge on any atom is -0.348 e. The molecule has 1 aromatic carbocycles. The number of aromatic nitrogens is 3. The van der Waals surface area contributed by atoms with Gasteiger partial charge in [-0.15, -0.1) is 10.2 Å². The zero-order chi connectivity index (χ0) is 16.2. The number of amides is 1. The number of nitrogens with zero attached hydrogens (tertiary/aromatic N) is 4. The van der Waals surface area contributed by atoms with Crippen LogP contribution in [0.4, 0.5) is 0 Å². The van der Waals surface area contributed by atoms with Gasteiger partial charge in [-0.25, -0.2) is 0 Å². The van der Waals surface area contributed by atoms with Crippen LogP contribution in [0.3, 0.4) is 0 Å². The summed E-state index contributed by atoms with van der Waals surface area (Å²) in [7, 11) is 3.59. The molecule has 0 radical (unpaired) electrons. The third-order valence-corrected chi connectivity index (χ3v) is 5.29. The van der Waals surface area contributed by atoms with E-state index < -0.39 is 0 Å². The lowest BCUT2D eigenvalue weighted by Crippen LogP contribution is -2.27. The number of hydrogen-bond acceptors (Lipinski definition) is 4. The summed E-state index contributed by atoms with van der Waals surface area (Å²) in [5.74, 6) is 1.13. The molecule has 0 spiro atoms. The monoisotopic (exact) mass is 330 g/mol. The summed E-state index contributed by atoms with van der Waals surface area (Å²) >= 11 is 1.51. The zero-order valence-corrected chi connectivity index (χ0v) is 14.4. The molecule has 1 aliphatic heterocycles. The van der Waals surface area contributed by atoms with Crippen molar-refractivity contribution in [2.24, 2.45) is 0 Å².